The number of ether oxygens (including phenoxy) is 1. The molecule has 0 aliphatic carbocycles. The Bertz CT molecular complexity index is 898. The molecule has 0 spiro atoms. The lowest BCUT2D eigenvalue weighted by atomic mass is 9.95. The predicted molar refractivity (Wildman–Crippen MR) is 124 cm³/mol. The summed E-state index contributed by atoms with van der Waals surface area (Å²) in [6, 6.07) is 7.92. The molecule has 2 fully saturated rings. The molecule has 32 heavy (non-hydrogen) atoms. The number of likely N-dealkylation sites (tertiary alicyclic amines) is 1. The van der Waals surface area contributed by atoms with Crippen LogP contribution >= 0.6 is 11.3 Å². The topological polar surface area (TPSA) is 87.7 Å². The Hall–Kier alpha value is -2.68. The number of hydrogen-bond donors (Lipinski definition) is 1. The number of amides is 2. The van der Waals surface area contributed by atoms with Gasteiger partial charge in [-0.05, 0) is 55.9 Å². The van der Waals surface area contributed by atoms with Gasteiger partial charge in [0.25, 0.3) is 5.91 Å². The van der Waals surface area contributed by atoms with Gasteiger partial charge in [0, 0.05) is 43.3 Å². The second kappa shape index (κ2) is 10.8. The Labute approximate surface area is 193 Å². The molecule has 8 nitrogen and oxygen atoms in total. The highest BCUT2D eigenvalue weighted by Crippen LogP contribution is 2.33. The van der Waals surface area contributed by atoms with Gasteiger partial charge < -0.3 is 19.9 Å². The second-order valence-electron chi connectivity index (χ2n) is 8.42. The molecule has 2 amide bonds. The fraction of sp³-hybridized carbons (Fsp3) is 0.565. The van der Waals surface area contributed by atoms with Gasteiger partial charge in [0.2, 0.25) is 0 Å². The highest BCUT2D eigenvalue weighted by Gasteiger charge is 2.28. The van der Waals surface area contributed by atoms with E-state index < -0.39 is 0 Å². The van der Waals surface area contributed by atoms with Crippen LogP contribution in [-0.2, 0) is 4.74 Å². The van der Waals surface area contributed by atoms with Gasteiger partial charge in [0.1, 0.15) is 0 Å². The first-order valence-electron chi connectivity index (χ1n) is 11.5. The van der Waals surface area contributed by atoms with Gasteiger partial charge in [-0.3, -0.25) is 4.79 Å². The maximum Gasteiger partial charge on any atom is 0.409 e. The number of rotatable bonds is 7. The number of thiophene rings is 1. The van der Waals surface area contributed by atoms with Crippen LogP contribution in [0, 0.1) is 0 Å². The third kappa shape index (κ3) is 5.56. The summed E-state index contributed by atoms with van der Waals surface area (Å²) in [5.74, 6) is 1.23. The Morgan fingerprint density at radius 2 is 2.03 bits per heavy atom. The maximum atomic E-state index is 12.8. The molecule has 0 bridgehead atoms. The molecule has 1 N–H and O–H groups in total. The molecule has 4 heterocycles. The minimum absolute atomic E-state index is 0.0100. The van der Waals surface area contributed by atoms with E-state index in [4.69, 9.17) is 4.74 Å². The molecule has 0 saturated carbocycles. The number of carbonyl (C=O) groups excluding carboxylic acids is 2. The molecule has 2 aromatic heterocycles. The summed E-state index contributed by atoms with van der Waals surface area (Å²) in [5, 5.41) is 11.3. The summed E-state index contributed by atoms with van der Waals surface area (Å²) in [5.41, 5.74) is 0. The molecule has 2 aromatic rings. The highest BCUT2D eigenvalue weighted by molar-refractivity contribution is 7.14. The number of nitrogens with one attached hydrogen (secondary N) is 1. The zero-order chi connectivity index (χ0) is 22.3. The zero-order valence-electron chi connectivity index (χ0n) is 18.5. The van der Waals surface area contributed by atoms with E-state index >= 15 is 0 Å². The molecule has 1 unspecified atom stereocenters. The van der Waals surface area contributed by atoms with Crippen LogP contribution in [0.25, 0.3) is 0 Å². The molecule has 1 atom stereocenters. The van der Waals surface area contributed by atoms with Gasteiger partial charge in [-0.2, -0.15) is 5.10 Å². The van der Waals surface area contributed by atoms with Gasteiger partial charge in [-0.25, -0.2) is 4.79 Å². The zero-order valence-corrected chi connectivity index (χ0v) is 19.4. The lowest BCUT2D eigenvalue weighted by Gasteiger charge is -2.30. The molecule has 0 aromatic carbocycles. The van der Waals surface area contributed by atoms with Crippen molar-refractivity contribution in [1.82, 2.24) is 20.4 Å². The van der Waals surface area contributed by atoms with Crippen molar-refractivity contribution in [1.29, 1.82) is 0 Å². The quantitative estimate of drug-likeness (QED) is 0.639. The number of unbranched alkanes of at least 4 members (excludes halogenated alkanes) is 1. The molecule has 4 rings (SSSR count). The van der Waals surface area contributed by atoms with Gasteiger partial charge in [-0.1, -0.05) is 13.3 Å². The lowest BCUT2D eigenvalue weighted by molar-refractivity contribution is 0.0916. The lowest BCUT2D eigenvalue weighted by Crippen LogP contribution is -2.38. The Morgan fingerprint density at radius 3 is 2.78 bits per heavy atom. The number of aromatic nitrogens is 2. The smallest absolute Gasteiger partial charge is 0.409 e. The van der Waals surface area contributed by atoms with Crippen molar-refractivity contribution >= 4 is 29.2 Å². The monoisotopic (exact) mass is 457 g/mol. The average molecular weight is 458 g/mol. The molecule has 172 valence electrons. The fourth-order valence-corrected chi connectivity index (χ4v) is 5.32. The molecule has 2 aliphatic rings. The number of carbonyl (C=O) groups is 2. The standard InChI is InChI=1S/C23H31N5O3S/c1-2-3-15-31-23(30)27-12-8-17(9-13-27)19-6-7-20(32-19)22(29)25-18-10-14-28(16-18)21-5-4-11-24-26-21/h4-7,11,17-18H,2-3,8-10,12-16H2,1H3,(H,25,29). The first-order chi connectivity index (χ1) is 15.6. The summed E-state index contributed by atoms with van der Waals surface area (Å²) >= 11 is 1.57. The van der Waals surface area contributed by atoms with E-state index in [0.29, 0.717) is 25.6 Å². The summed E-state index contributed by atoms with van der Waals surface area (Å²) < 4.78 is 5.32. The molecular weight excluding hydrogens is 426 g/mol. The molecule has 9 heteroatoms. The van der Waals surface area contributed by atoms with Crippen LogP contribution in [0.1, 0.15) is 59.5 Å². The van der Waals surface area contributed by atoms with Gasteiger partial charge in [0.15, 0.2) is 5.82 Å². The Morgan fingerprint density at radius 1 is 1.19 bits per heavy atom. The van der Waals surface area contributed by atoms with E-state index in [1.165, 1.54) is 4.88 Å². The van der Waals surface area contributed by atoms with Crippen molar-refractivity contribution in [2.45, 2.75) is 51.0 Å². The Balaban J connectivity index is 1.24. The molecule has 0 radical (unpaired) electrons. The van der Waals surface area contributed by atoms with Crippen LogP contribution in [0.5, 0.6) is 0 Å². The number of anilines is 1. The van der Waals surface area contributed by atoms with Crippen LogP contribution in [0.15, 0.2) is 30.5 Å². The van der Waals surface area contributed by atoms with Crippen LogP contribution in [0.3, 0.4) is 0 Å². The maximum absolute atomic E-state index is 12.8. The largest absolute Gasteiger partial charge is 0.449 e. The fourth-order valence-electron chi connectivity index (χ4n) is 4.24. The Kier molecular flexibility index (Phi) is 7.57. The van der Waals surface area contributed by atoms with Crippen LogP contribution in [-0.4, -0.2) is 65.9 Å². The third-order valence-electron chi connectivity index (χ3n) is 6.14. The van der Waals surface area contributed by atoms with Gasteiger partial charge in [-0.15, -0.1) is 16.4 Å². The second-order valence-corrected chi connectivity index (χ2v) is 9.53. The van der Waals surface area contributed by atoms with E-state index in [1.807, 2.05) is 18.2 Å². The average Bonchev–Trinajstić information content (AvgIpc) is 3.50. The van der Waals surface area contributed by atoms with E-state index in [2.05, 4.69) is 33.4 Å². The van der Waals surface area contributed by atoms with Crippen molar-refractivity contribution in [3.05, 3.63) is 40.2 Å². The van der Waals surface area contributed by atoms with E-state index in [-0.39, 0.29) is 18.0 Å². The van der Waals surface area contributed by atoms with Gasteiger partial charge in [0.05, 0.1) is 11.5 Å². The molecular formula is C23H31N5O3S. The summed E-state index contributed by atoms with van der Waals surface area (Å²) in [6.45, 7) is 5.59. The number of nitrogens with zero attached hydrogens (tertiary/aromatic N) is 4. The van der Waals surface area contributed by atoms with Crippen molar-refractivity contribution < 1.29 is 14.3 Å². The van der Waals surface area contributed by atoms with Gasteiger partial charge >= 0.3 is 6.09 Å². The van der Waals surface area contributed by atoms with Crippen LogP contribution < -0.4 is 10.2 Å². The number of piperidine rings is 1. The minimum atomic E-state index is -0.199. The SMILES string of the molecule is CCCCOC(=O)N1CCC(c2ccc(C(=O)NC3CCN(c4cccnn4)C3)s2)CC1. The van der Waals surface area contributed by atoms with Crippen molar-refractivity contribution in [2.24, 2.45) is 0 Å². The molecule has 2 saturated heterocycles. The van der Waals surface area contributed by atoms with E-state index in [1.54, 1.807) is 22.4 Å². The summed E-state index contributed by atoms with van der Waals surface area (Å²) in [6.07, 6.45) is 6.09. The summed E-state index contributed by atoms with van der Waals surface area (Å²) in [4.78, 5) is 30.8. The third-order valence-corrected chi connectivity index (χ3v) is 7.38. The van der Waals surface area contributed by atoms with Crippen molar-refractivity contribution in [3.8, 4) is 0 Å². The minimum Gasteiger partial charge on any atom is -0.449 e. The van der Waals surface area contributed by atoms with Crippen molar-refractivity contribution in [2.75, 3.05) is 37.7 Å². The van der Waals surface area contributed by atoms with Crippen LogP contribution in [0.4, 0.5) is 10.6 Å². The van der Waals surface area contributed by atoms with Crippen molar-refractivity contribution in [3.63, 3.8) is 0 Å². The molecule has 2 aliphatic heterocycles. The summed E-state index contributed by atoms with van der Waals surface area (Å²) in [7, 11) is 0. The normalized spacial score (nSPS) is 19.2. The highest BCUT2D eigenvalue weighted by atomic mass is 32.1. The van der Waals surface area contributed by atoms with E-state index in [9.17, 15) is 9.59 Å². The number of hydrogen-bond acceptors (Lipinski definition) is 7. The first-order valence-corrected chi connectivity index (χ1v) is 12.3. The van der Waals surface area contributed by atoms with E-state index in [0.717, 1.165) is 55.9 Å². The first kappa shape index (κ1) is 22.5. The predicted octanol–water partition coefficient (Wildman–Crippen LogP) is 3.66. The van der Waals surface area contributed by atoms with Crippen LogP contribution in [0.2, 0.25) is 0 Å².